The topological polar surface area (TPSA) is 66.8 Å². The summed E-state index contributed by atoms with van der Waals surface area (Å²) in [4.78, 5) is 7.88. The van der Waals surface area contributed by atoms with E-state index in [1.807, 2.05) is 18.2 Å². The Labute approximate surface area is 187 Å². The molecule has 32 heavy (non-hydrogen) atoms. The van der Waals surface area contributed by atoms with Gasteiger partial charge in [0.05, 0.1) is 17.2 Å². The molecule has 0 unspecified atom stereocenters. The Hall–Kier alpha value is -3.49. The van der Waals surface area contributed by atoms with Crippen molar-refractivity contribution < 1.29 is 13.9 Å². The molecule has 1 atom stereocenters. The molecular weight excluding hydrogens is 427 g/mol. The second-order valence-corrected chi connectivity index (χ2v) is 8.82. The van der Waals surface area contributed by atoms with Gasteiger partial charge in [-0.2, -0.15) is 9.50 Å². The average molecular weight is 447 g/mol. The van der Waals surface area contributed by atoms with Gasteiger partial charge in [-0.3, -0.25) is 4.90 Å². The van der Waals surface area contributed by atoms with E-state index in [-0.39, 0.29) is 11.7 Å². The molecule has 6 nitrogen and oxygen atoms in total. The average Bonchev–Trinajstić information content (AvgIpc) is 3.54. The Morgan fingerprint density at radius 1 is 1.03 bits per heavy atom. The van der Waals surface area contributed by atoms with Gasteiger partial charge >= 0.3 is 0 Å². The van der Waals surface area contributed by atoms with Gasteiger partial charge in [-0.25, -0.2) is 4.39 Å². The third-order valence-electron chi connectivity index (χ3n) is 5.91. The van der Waals surface area contributed by atoms with Crippen LogP contribution in [0.25, 0.3) is 16.5 Å². The number of furan rings is 1. The molecule has 0 fully saturated rings. The van der Waals surface area contributed by atoms with E-state index in [0.29, 0.717) is 33.5 Å². The fraction of sp³-hybridized carbons (Fsp3) is 0.167. The maximum absolute atomic E-state index is 15.0. The number of rotatable bonds is 4. The summed E-state index contributed by atoms with van der Waals surface area (Å²) >= 11 is 1.32. The molecule has 0 amide bonds. The van der Waals surface area contributed by atoms with Crippen LogP contribution in [-0.4, -0.2) is 31.1 Å². The predicted octanol–water partition coefficient (Wildman–Crippen LogP) is 5.04. The number of hydrogen-bond donors (Lipinski definition) is 1. The van der Waals surface area contributed by atoms with Crippen LogP contribution in [0.2, 0.25) is 0 Å². The number of aromatic hydroxyl groups is 1. The zero-order chi connectivity index (χ0) is 21.7. The maximum Gasteiger partial charge on any atom is 0.230 e. The Kier molecular flexibility index (Phi) is 4.55. The summed E-state index contributed by atoms with van der Waals surface area (Å²) in [5.74, 6) is 0.603. The first-order chi connectivity index (χ1) is 15.7. The molecule has 0 spiro atoms. The van der Waals surface area contributed by atoms with E-state index in [2.05, 4.69) is 27.1 Å². The van der Waals surface area contributed by atoms with Crippen molar-refractivity contribution in [1.82, 2.24) is 19.5 Å². The lowest BCUT2D eigenvalue weighted by molar-refractivity contribution is 0.202. The first-order valence-corrected chi connectivity index (χ1v) is 11.2. The number of halogens is 1. The predicted molar refractivity (Wildman–Crippen MR) is 119 cm³/mol. The monoisotopic (exact) mass is 446 g/mol. The third-order valence-corrected chi connectivity index (χ3v) is 6.99. The van der Waals surface area contributed by atoms with Gasteiger partial charge in [-0.05, 0) is 35.7 Å². The van der Waals surface area contributed by atoms with Gasteiger partial charge in [0.25, 0.3) is 0 Å². The SMILES string of the molecule is Oc1c([C@H](c2ccccc2F)N2CCc3ccccc3C2)sc2nc(-c3ccco3)nn12. The van der Waals surface area contributed by atoms with Crippen LogP contribution in [0.4, 0.5) is 4.39 Å². The zero-order valence-corrected chi connectivity index (χ0v) is 17.8. The zero-order valence-electron chi connectivity index (χ0n) is 17.0. The van der Waals surface area contributed by atoms with Gasteiger partial charge in [0.2, 0.25) is 16.7 Å². The van der Waals surface area contributed by atoms with Crippen LogP contribution in [0.5, 0.6) is 5.88 Å². The van der Waals surface area contributed by atoms with Crippen molar-refractivity contribution in [3.63, 3.8) is 0 Å². The number of hydrogen-bond acceptors (Lipinski definition) is 6. The summed E-state index contributed by atoms with van der Waals surface area (Å²) in [7, 11) is 0. The van der Waals surface area contributed by atoms with E-state index in [1.54, 1.807) is 30.5 Å². The fourth-order valence-corrected chi connectivity index (χ4v) is 5.48. The maximum atomic E-state index is 15.0. The molecule has 8 heteroatoms. The van der Waals surface area contributed by atoms with Crippen molar-refractivity contribution in [2.24, 2.45) is 0 Å². The molecule has 2 aromatic carbocycles. The van der Waals surface area contributed by atoms with Gasteiger partial charge in [0.15, 0.2) is 5.76 Å². The van der Waals surface area contributed by atoms with Crippen molar-refractivity contribution >= 4 is 16.3 Å². The van der Waals surface area contributed by atoms with E-state index in [4.69, 9.17) is 4.42 Å². The molecule has 0 aliphatic carbocycles. The first kappa shape index (κ1) is 19.2. The standard InChI is InChI=1S/C24H19FN4O2S/c25-18-9-4-3-8-17(18)20(28-12-11-15-6-1-2-7-16(15)14-28)21-23(30)29-24(32-21)26-22(27-29)19-10-5-13-31-19/h1-10,13,20,30H,11-12,14H2/t20-/m0/s1. The molecule has 1 N–H and O–H groups in total. The van der Waals surface area contributed by atoms with Crippen LogP contribution in [-0.2, 0) is 13.0 Å². The molecule has 1 aliphatic rings. The van der Waals surface area contributed by atoms with Crippen LogP contribution < -0.4 is 0 Å². The van der Waals surface area contributed by atoms with Gasteiger partial charge in [-0.15, -0.1) is 5.10 Å². The number of aromatic nitrogens is 3. The van der Waals surface area contributed by atoms with Gasteiger partial charge < -0.3 is 9.52 Å². The highest BCUT2D eigenvalue weighted by molar-refractivity contribution is 7.17. The van der Waals surface area contributed by atoms with Crippen LogP contribution in [0.3, 0.4) is 0 Å². The first-order valence-electron chi connectivity index (χ1n) is 10.4. The van der Waals surface area contributed by atoms with Gasteiger partial charge in [0, 0.05) is 18.7 Å². The van der Waals surface area contributed by atoms with E-state index in [9.17, 15) is 9.50 Å². The van der Waals surface area contributed by atoms with Crippen molar-refractivity contribution in [3.05, 3.63) is 94.3 Å². The minimum Gasteiger partial charge on any atom is -0.492 e. The van der Waals surface area contributed by atoms with Crippen molar-refractivity contribution in [3.8, 4) is 17.5 Å². The highest BCUT2D eigenvalue weighted by atomic mass is 32.1. The molecule has 3 aromatic heterocycles. The highest BCUT2D eigenvalue weighted by Gasteiger charge is 2.33. The van der Waals surface area contributed by atoms with Crippen molar-refractivity contribution in [2.75, 3.05) is 6.54 Å². The van der Waals surface area contributed by atoms with Crippen LogP contribution >= 0.6 is 11.3 Å². The second kappa shape index (κ2) is 7.58. The summed E-state index contributed by atoms with van der Waals surface area (Å²) in [6.45, 7) is 1.42. The molecule has 4 heterocycles. The summed E-state index contributed by atoms with van der Waals surface area (Å²) in [5, 5.41) is 15.6. The van der Waals surface area contributed by atoms with Crippen LogP contribution in [0.1, 0.15) is 27.6 Å². The van der Waals surface area contributed by atoms with Crippen molar-refractivity contribution in [1.29, 1.82) is 0 Å². The number of fused-ring (bicyclic) bond motifs is 2. The Morgan fingerprint density at radius 3 is 2.62 bits per heavy atom. The number of benzene rings is 2. The largest absolute Gasteiger partial charge is 0.492 e. The third kappa shape index (κ3) is 3.11. The Morgan fingerprint density at radius 2 is 1.84 bits per heavy atom. The normalized spacial score (nSPS) is 15.2. The molecule has 160 valence electrons. The molecule has 1 aliphatic heterocycles. The molecule has 0 bridgehead atoms. The lowest BCUT2D eigenvalue weighted by Crippen LogP contribution is -2.35. The summed E-state index contributed by atoms with van der Waals surface area (Å²) in [5.41, 5.74) is 3.06. The lowest BCUT2D eigenvalue weighted by Gasteiger charge is -2.35. The quantitative estimate of drug-likeness (QED) is 0.419. The smallest absolute Gasteiger partial charge is 0.230 e. The van der Waals surface area contributed by atoms with Crippen molar-refractivity contribution in [2.45, 2.75) is 19.0 Å². The van der Waals surface area contributed by atoms with Crippen LogP contribution in [0.15, 0.2) is 71.3 Å². The van der Waals surface area contributed by atoms with E-state index >= 15 is 0 Å². The lowest BCUT2D eigenvalue weighted by atomic mass is 9.95. The molecular formula is C24H19FN4O2S. The molecule has 0 radical (unpaired) electrons. The summed E-state index contributed by atoms with van der Waals surface area (Å²) in [6.07, 6.45) is 2.42. The Bertz CT molecular complexity index is 1410. The van der Waals surface area contributed by atoms with Gasteiger partial charge in [0.1, 0.15) is 5.82 Å². The van der Waals surface area contributed by atoms with Crippen LogP contribution in [0, 0.1) is 5.82 Å². The number of nitrogens with zero attached hydrogens (tertiary/aromatic N) is 4. The minimum absolute atomic E-state index is 0.0255. The minimum atomic E-state index is -0.454. The van der Waals surface area contributed by atoms with Gasteiger partial charge in [-0.1, -0.05) is 53.8 Å². The second-order valence-electron chi connectivity index (χ2n) is 7.81. The fourth-order valence-electron chi connectivity index (χ4n) is 4.38. The molecule has 6 rings (SSSR count). The molecule has 0 saturated carbocycles. The number of thiazole rings is 1. The van der Waals surface area contributed by atoms with E-state index in [1.165, 1.54) is 33.0 Å². The van der Waals surface area contributed by atoms with E-state index < -0.39 is 6.04 Å². The summed E-state index contributed by atoms with van der Waals surface area (Å²) in [6, 6.07) is 18.1. The molecule has 5 aromatic rings. The Balaban J connectivity index is 1.46. The summed E-state index contributed by atoms with van der Waals surface area (Å²) < 4.78 is 21.8. The molecule has 0 saturated heterocycles. The van der Waals surface area contributed by atoms with E-state index in [0.717, 1.165) is 13.0 Å². The highest BCUT2D eigenvalue weighted by Crippen LogP contribution is 2.42.